The van der Waals surface area contributed by atoms with Gasteiger partial charge >= 0.3 is 6.36 Å². The molecule has 0 spiro atoms. The highest BCUT2D eigenvalue weighted by Gasteiger charge is 2.31. The summed E-state index contributed by atoms with van der Waals surface area (Å²) < 4.78 is 70.0. The molecule has 2 aromatic rings. The molecule has 0 bridgehead atoms. The van der Waals surface area contributed by atoms with Crippen LogP contribution >= 0.6 is 0 Å². The monoisotopic (exact) mass is 405 g/mol. The van der Waals surface area contributed by atoms with Gasteiger partial charge in [-0.2, -0.15) is 0 Å². The average molecular weight is 405 g/mol. The zero-order valence-electron chi connectivity index (χ0n) is 14.2. The van der Waals surface area contributed by atoms with Gasteiger partial charge in [0.25, 0.3) is 0 Å². The number of hydrogen-bond donors (Lipinski definition) is 2. The molecule has 1 atom stereocenters. The molecule has 10 heteroatoms. The summed E-state index contributed by atoms with van der Waals surface area (Å²) in [6.45, 7) is 0.147. The number of nitrogens with one attached hydrogen (secondary N) is 1. The molecule has 0 aliphatic heterocycles. The van der Waals surface area contributed by atoms with Crippen LogP contribution in [0.5, 0.6) is 17.2 Å². The van der Waals surface area contributed by atoms with Crippen molar-refractivity contribution >= 4 is 9.84 Å². The fourth-order valence-corrected chi connectivity index (χ4v) is 3.57. The van der Waals surface area contributed by atoms with E-state index in [2.05, 4.69) is 10.1 Å². The number of alkyl halides is 3. The Balaban J connectivity index is 2.03. The molecule has 0 amide bonds. The molecule has 0 fully saturated rings. The lowest BCUT2D eigenvalue weighted by atomic mass is 10.3. The summed E-state index contributed by atoms with van der Waals surface area (Å²) in [4.78, 5) is 0.0268. The van der Waals surface area contributed by atoms with E-state index in [4.69, 9.17) is 4.74 Å². The quantitative estimate of drug-likeness (QED) is 0.703. The van der Waals surface area contributed by atoms with Crippen molar-refractivity contribution < 1.29 is 36.2 Å². The molecule has 148 valence electrons. The Morgan fingerprint density at radius 1 is 1.00 bits per heavy atom. The fraction of sp³-hybridized carbons (Fsp3) is 0.294. The highest BCUT2D eigenvalue weighted by molar-refractivity contribution is 7.91. The molecule has 2 N–H and O–H groups in total. The van der Waals surface area contributed by atoms with Gasteiger partial charge in [-0.3, -0.25) is 0 Å². The van der Waals surface area contributed by atoms with Gasteiger partial charge in [0.05, 0.1) is 16.8 Å². The average Bonchev–Trinajstić information content (AvgIpc) is 2.55. The number of hydrogen-bond acceptors (Lipinski definition) is 6. The Kier molecular flexibility index (Phi) is 6.68. The van der Waals surface area contributed by atoms with E-state index in [0.29, 0.717) is 5.75 Å². The van der Waals surface area contributed by atoms with Crippen LogP contribution in [-0.2, 0) is 9.84 Å². The highest BCUT2D eigenvalue weighted by atomic mass is 32.2. The minimum atomic E-state index is -4.77. The number of rotatable bonds is 8. The number of benzene rings is 2. The van der Waals surface area contributed by atoms with Crippen molar-refractivity contribution in [2.24, 2.45) is 0 Å². The number of halogens is 3. The second kappa shape index (κ2) is 8.59. The van der Waals surface area contributed by atoms with Crippen molar-refractivity contribution in [3.63, 3.8) is 0 Å². The van der Waals surface area contributed by atoms with Crippen LogP contribution in [0.25, 0.3) is 0 Å². The Labute approximate surface area is 154 Å². The molecule has 0 aliphatic carbocycles. The van der Waals surface area contributed by atoms with E-state index in [1.54, 1.807) is 7.05 Å². The Hall–Kier alpha value is -2.30. The van der Waals surface area contributed by atoms with Crippen molar-refractivity contribution in [3.05, 3.63) is 48.5 Å². The molecular formula is C17H18F3NO5S. The van der Waals surface area contributed by atoms with Gasteiger partial charge in [0.2, 0.25) is 0 Å². The van der Waals surface area contributed by atoms with E-state index in [1.807, 2.05) is 0 Å². The van der Waals surface area contributed by atoms with Crippen LogP contribution in [0.15, 0.2) is 53.4 Å². The minimum Gasteiger partial charge on any atom is -0.457 e. The summed E-state index contributed by atoms with van der Waals surface area (Å²) in [5.41, 5.74) is 0. The van der Waals surface area contributed by atoms with Gasteiger partial charge in [-0.15, -0.1) is 13.2 Å². The Morgan fingerprint density at radius 3 is 1.96 bits per heavy atom. The largest absolute Gasteiger partial charge is 0.573 e. The smallest absolute Gasteiger partial charge is 0.457 e. The summed E-state index contributed by atoms with van der Waals surface area (Å²) >= 11 is 0. The molecule has 0 radical (unpaired) electrons. The second-order valence-corrected chi connectivity index (χ2v) is 7.62. The van der Waals surface area contributed by atoms with E-state index in [1.165, 1.54) is 36.4 Å². The van der Waals surface area contributed by atoms with Gasteiger partial charge in [-0.05, 0) is 55.6 Å². The van der Waals surface area contributed by atoms with Crippen LogP contribution < -0.4 is 14.8 Å². The van der Waals surface area contributed by atoms with Crippen molar-refractivity contribution in [1.29, 1.82) is 0 Å². The molecule has 0 heterocycles. The van der Waals surface area contributed by atoms with E-state index in [-0.39, 0.29) is 22.9 Å². The lowest BCUT2D eigenvalue weighted by Gasteiger charge is -2.12. The minimum absolute atomic E-state index is 0.0268. The summed E-state index contributed by atoms with van der Waals surface area (Å²) in [6, 6.07) is 10.3. The maximum absolute atomic E-state index is 12.2. The lowest BCUT2D eigenvalue weighted by molar-refractivity contribution is -0.274. The van der Waals surface area contributed by atoms with Gasteiger partial charge in [0.1, 0.15) is 17.2 Å². The topological polar surface area (TPSA) is 84.9 Å². The number of aliphatic hydroxyl groups excluding tert-OH is 1. The first kappa shape index (κ1) is 21.0. The third-order valence-electron chi connectivity index (χ3n) is 3.33. The van der Waals surface area contributed by atoms with E-state index in [0.717, 1.165) is 12.1 Å². The highest BCUT2D eigenvalue weighted by Crippen LogP contribution is 2.28. The normalized spacial score (nSPS) is 13.2. The molecule has 0 aromatic heterocycles. The third-order valence-corrected chi connectivity index (χ3v) is 5.14. The molecule has 0 saturated carbocycles. The zero-order chi connectivity index (χ0) is 20.1. The van der Waals surface area contributed by atoms with Crippen LogP contribution in [0.3, 0.4) is 0 Å². The van der Waals surface area contributed by atoms with E-state index in [9.17, 15) is 26.7 Å². The maximum Gasteiger partial charge on any atom is 0.573 e. The number of likely N-dealkylation sites (N-methyl/N-ethyl adjacent to an activating group) is 1. The van der Waals surface area contributed by atoms with Crippen LogP contribution in [0.4, 0.5) is 13.2 Å². The SMILES string of the molecule is CNCC(O)CS(=O)(=O)c1ccc(Oc2ccc(OC(F)(F)F)cc2)cc1. The summed E-state index contributed by atoms with van der Waals surface area (Å²) in [7, 11) is -2.06. The summed E-state index contributed by atoms with van der Waals surface area (Å²) in [5, 5.41) is 12.3. The van der Waals surface area contributed by atoms with Crippen molar-refractivity contribution in [1.82, 2.24) is 5.32 Å². The second-order valence-electron chi connectivity index (χ2n) is 5.59. The van der Waals surface area contributed by atoms with Crippen molar-refractivity contribution in [3.8, 4) is 17.2 Å². The maximum atomic E-state index is 12.2. The molecule has 2 rings (SSSR count). The standard InChI is InChI=1S/C17H18F3NO5S/c1-21-10-12(22)11-27(23,24)16-8-6-14(7-9-16)25-13-2-4-15(5-3-13)26-17(18,19)20/h2-9,12,21-22H,10-11H2,1H3. The third kappa shape index (κ3) is 6.74. The van der Waals surface area contributed by atoms with Crippen LogP contribution in [-0.4, -0.2) is 45.3 Å². The molecule has 0 aliphatic rings. The molecule has 6 nitrogen and oxygen atoms in total. The van der Waals surface area contributed by atoms with Gasteiger partial charge in [0, 0.05) is 6.54 Å². The van der Waals surface area contributed by atoms with Gasteiger partial charge in [-0.1, -0.05) is 0 Å². The summed E-state index contributed by atoms with van der Waals surface area (Å²) in [5.74, 6) is -0.246. The molecular weight excluding hydrogens is 387 g/mol. The number of sulfone groups is 1. The summed E-state index contributed by atoms with van der Waals surface area (Å²) in [6.07, 6.45) is -5.81. The van der Waals surface area contributed by atoms with E-state index >= 15 is 0 Å². The Morgan fingerprint density at radius 2 is 1.48 bits per heavy atom. The molecule has 27 heavy (non-hydrogen) atoms. The van der Waals surface area contributed by atoms with Gasteiger partial charge < -0.3 is 19.9 Å². The van der Waals surface area contributed by atoms with Crippen molar-refractivity contribution in [2.45, 2.75) is 17.4 Å². The van der Waals surface area contributed by atoms with Crippen molar-refractivity contribution in [2.75, 3.05) is 19.3 Å². The predicted octanol–water partition coefficient (Wildman–Crippen LogP) is 2.73. The number of aliphatic hydroxyl groups is 1. The first-order chi connectivity index (χ1) is 12.6. The molecule has 0 saturated heterocycles. The van der Waals surface area contributed by atoms with Crippen LogP contribution in [0.2, 0.25) is 0 Å². The van der Waals surface area contributed by atoms with Crippen LogP contribution in [0.1, 0.15) is 0 Å². The predicted molar refractivity (Wildman–Crippen MR) is 91.6 cm³/mol. The van der Waals surface area contributed by atoms with Crippen LogP contribution in [0, 0.1) is 0 Å². The molecule has 1 unspecified atom stereocenters. The lowest BCUT2D eigenvalue weighted by Crippen LogP contribution is -2.30. The Bertz CT molecular complexity index is 836. The van der Waals surface area contributed by atoms with Gasteiger partial charge in [0.15, 0.2) is 9.84 Å². The zero-order valence-corrected chi connectivity index (χ0v) is 15.0. The van der Waals surface area contributed by atoms with Gasteiger partial charge in [-0.25, -0.2) is 8.42 Å². The fourth-order valence-electron chi connectivity index (χ4n) is 2.20. The number of ether oxygens (including phenoxy) is 2. The molecule has 2 aromatic carbocycles. The first-order valence-electron chi connectivity index (χ1n) is 7.78. The first-order valence-corrected chi connectivity index (χ1v) is 9.43. The van der Waals surface area contributed by atoms with E-state index < -0.39 is 28.1 Å².